The minimum Gasteiger partial charge on any atom is -0.457 e. The molecule has 4 unspecified atom stereocenters. The molecule has 1 saturated carbocycles. The number of fused-ring (bicyclic) bond motifs is 1. The Morgan fingerprint density at radius 1 is 1.53 bits per heavy atom. The molecule has 0 aromatic rings. The summed E-state index contributed by atoms with van der Waals surface area (Å²) < 4.78 is 11.1. The molecule has 1 saturated heterocycles. The second kappa shape index (κ2) is 4.09. The zero-order valence-electron chi connectivity index (χ0n) is 11.6. The van der Waals surface area contributed by atoms with Crippen LogP contribution in [0, 0.1) is 17.3 Å². The number of carbonyl (C=O) groups is 2. The van der Waals surface area contributed by atoms with Crippen molar-refractivity contribution < 1.29 is 19.1 Å². The highest BCUT2D eigenvalue weighted by Gasteiger charge is 2.56. The predicted molar refractivity (Wildman–Crippen MR) is 68.1 cm³/mol. The Hall–Kier alpha value is -1.32. The highest BCUT2D eigenvalue weighted by Crippen LogP contribution is 2.48. The van der Waals surface area contributed by atoms with Crippen LogP contribution in [0.4, 0.5) is 0 Å². The van der Waals surface area contributed by atoms with Gasteiger partial charge in [0.25, 0.3) is 0 Å². The average Bonchev–Trinajstić information content (AvgIpc) is 2.67. The Morgan fingerprint density at radius 3 is 2.95 bits per heavy atom. The first kappa shape index (κ1) is 12.7. The molecule has 4 bridgehead atoms. The normalized spacial score (nSPS) is 35.9. The van der Waals surface area contributed by atoms with Crippen LogP contribution in [0.25, 0.3) is 0 Å². The largest absolute Gasteiger partial charge is 0.457 e. The van der Waals surface area contributed by atoms with Crippen molar-refractivity contribution in [3.63, 3.8) is 0 Å². The van der Waals surface area contributed by atoms with Gasteiger partial charge in [-0.05, 0) is 38.7 Å². The van der Waals surface area contributed by atoms with Crippen molar-refractivity contribution in [2.24, 2.45) is 17.3 Å². The number of hydrogen-bond donors (Lipinski definition) is 0. The number of esters is 2. The number of carbonyl (C=O) groups excluding carboxylic acids is 2. The molecule has 4 aliphatic rings. The van der Waals surface area contributed by atoms with E-state index >= 15 is 0 Å². The van der Waals surface area contributed by atoms with Gasteiger partial charge in [-0.15, -0.1) is 0 Å². The van der Waals surface area contributed by atoms with Gasteiger partial charge in [0, 0.05) is 5.92 Å². The first-order valence-electron chi connectivity index (χ1n) is 7.06. The first-order valence-corrected chi connectivity index (χ1v) is 7.06. The molecule has 1 heterocycles. The fraction of sp³-hybridized carbons (Fsp3) is 0.733. The van der Waals surface area contributed by atoms with Crippen molar-refractivity contribution in [1.82, 2.24) is 0 Å². The van der Waals surface area contributed by atoms with Gasteiger partial charge in [-0.2, -0.15) is 0 Å². The van der Waals surface area contributed by atoms with Gasteiger partial charge in [0.2, 0.25) is 0 Å². The Bertz CT molecular complexity index is 463. The van der Waals surface area contributed by atoms with Crippen molar-refractivity contribution in [3.8, 4) is 0 Å². The van der Waals surface area contributed by atoms with Crippen LogP contribution in [-0.4, -0.2) is 24.1 Å². The Morgan fingerprint density at radius 2 is 2.26 bits per heavy atom. The first-order chi connectivity index (χ1) is 8.94. The van der Waals surface area contributed by atoms with Gasteiger partial charge < -0.3 is 9.47 Å². The molecule has 1 aliphatic heterocycles. The van der Waals surface area contributed by atoms with E-state index in [1.807, 2.05) is 26.8 Å². The zero-order valence-corrected chi connectivity index (χ0v) is 11.6. The van der Waals surface area contributed by atoms with Crippen LogP contribution in [0.5, 0.6) is 0 Å². The van der Waals surface area contributed by atoms with E-state index in [1.54, 1.807) is 0 Å². The number of hydrogen-bond acceptors (Lipinski definition) is 4. The fourth-order valence-electron chi connectivity index (χ4n) is 3.16. The monoisotopic (exact) mass is 264 g/mol. The highest BCUT2D eigenvalue weighted by molar-refractivity contribution is 5.80. The fourth-order valence-corrected chi connectivity index (χ4v) is 3.16. The quantitative estimate of drug-likeness (QED) is 0.579. The molecule has 4 rings (SSSR count). The standard InChI is InChI=1S/C15H20O4/c1-4-15(2,3)14(17)19-11-8-5-6-9-10(7-8)13(16)18-12(9)11/h7,9-12H,4-6H2,1-3H3. The molecule has 104 valence electrons. The Labute approximate surface area is 113 Å². The van der Waals surface area contributed by atoms with E-state index < -0.39 is 5.41 Å². The van der Waals surface area contributed by atoms with E-state index in [-0.39, 0.29) is 36.0 Å². The van der Waals surface area contributed by atoms with E-state index in [9.17, 15) is 9.59 Å². The van der Waals surface area contributed by atoms with Gasteiger partial charge in [-0.3, -0.25) is 9.59 Å². The summed E-state index contributed by atoms with van der Waals surface area (Å²) in [5, 5.41) is 0. The van der Waals surface area contributed by atoms with Gasteiger partial charge in [-0.25, -0.2) is 0 Å². The lowest BCUT2D eigenvalue weighted by molar-refractivity contribution is -0.169. The maximum atomic E-state index is 12.2. The molecular weight excluding hydrogens is 244 g/mol. The van der Waals surface area contributed by atoms with Crippen LogP contribution in [0.2, 0.25) is 0 Å². The molecule has 19 heavy (non-hydrogen) atoms. The van der Waals surface area contributed by atoms with Crippen LogP contribution in [0.15, 0.2) is 11.6 Å². The third-order valence-corrected chi connectivity index (χ3v) is 4.90. The molecule has 4 atom stereocenters. The summed E-state index contributed by atoms with van der Waals surface area (Å²) in [5.41, 5.74) is 0.586. The smallest absolute Gasteiger partial charge is 0.313 e. The molecule has 3 aliphatic carbocycles. The van der Waals surface area contributed by atoms with Crippen LogP contribution in [0.1, 0.15) is 40.0 Å². The van der Waals surface area contributed by atoms with Crippen molar-refractivity contribution in [2.45, 2.75) is 52.2 Å². The van der Waals surface area contributed by atoms with Crippen molar-refractivity contribution in [3.05, 3.63) is 11.6 Å². The minimum absolute atomic E-state index is 0.0945. The van der Waals surface area contributed by atoms with Gasteiger partial charge in [0.15, 0.2) is 6.10 Å². The van der Waals surface area contributed by atoms with Crippen molar-refractivity contribution >= 4 is 11.9 Å². The molecule has 0 amide bonds. The van der Waals surface area contributed by atoms with E-state index in [2.05, 4.69) is 0 Å². The summed E-state index contributed by atoms with van der Waals surface area (Å²) in [5.74, 6) is -0.246. The Kier molecular flexibility index (Phi) is 2.73. The maximum Gasteiger partial charge on any atom is 0.313 e. The van der Waals surface area contributed by atoms with Crippen molar-refractivity contribution in [1.29, 1.82) is 0 Å². The number of ether oxygens (including phenoxy) is 2. The SMILES string of the molecule is CCC(C)(C)C(=O)OC1C2=CC3C(=O)OC1C3CC2. The van der Waals surface area contributed by atoms with E-state index in [0.717, 1.165) is 24.8 Å². The summed E-state index contributed by atoms with van der Waals surface area (Å²) in [7, 11) is 0. The summed E-state index contributed by atoms with van der Waals surface area (Å²) in [4.78, 5) is 23.9. The molecule has 0 spiro atoms. The predicted octanol–water partition coefficient (Wildman–Crippen LogP) is 2.23. The molecule has 0 N–H and O–H groups in total. The molecule has 4 nitrogen and oxygen atoms in total. The van der Waals surface area contributed by atoms with E-state index in [4.69, 9.17) is 9.47 Å². The third-order valence-electron chi connectivity index (χ3n) is 4.90. The average molecular weight is 264 g/mol. The van der Waals surface area contributed by atoms with Gasteiger partial charge >= 0.3 is 11.9 Å². The summed E-state index contributed by atoms with van der Waals surface area (Å²) in [6.45, 7) is 5.74. The van der Waals surface area contributed by atoms with Gasteiger partial charge in [0.1, 0.15) is 6.10 Å². The summed E-state index contributed by atoms with van der Waals surface area (Å²) in [6.07, 6.45) is 3.99. The Balaban J connectivity index is 1.81. The van der Waals surface area contributed by atoms with E-state index in [0.29, 0.717) is 0 Å². The van der Waals surface area contributed by atoms with Crippen LogP contribution in [0.3, 0.4) is 0 Å². The third kappa shape index (κ3) is 1.80. The lowest BCUT2D eigenvalue weighted by Crippen LogP contribution is -2.46. The summed E-state index contributed by atoms with van der Waals surface area (Å²) >= 11 is 0. The van der Waals surface area contributed by atoms with Crippen molar-refractivity contribution in [2.75, 3.05) is 0 Å². The van der Waals surface area contributed by atoms with Crippen LogP contribution in [-0.2, 0) is 19.1 Å². The minimum atomic E-state index is -0.487. The molecule has 2 fully saturated rings. The molecular formula is C15H20O4. The summed E-state index contributed by atoms with van der Waals surface area (Å²) in [6, 6.07) is 0. The lowest BCUT2D eigenvalue weighted by Gasteiger charge is -2.39. The molecule has 0 aromatic heterocycles. The lowest BCUT2D eigenvalue weighted by atomic mass is 9.70. The second-order valence-corrected chi connectivity index (χ2v) is 6.43. The van der Waals surface area contributed by atoms with E-state index in [1.165, 1.54) is 0 Å². The zero-order chi connectivity index (χ0) is 13.8. The van der Waals surface area contributed by atoms with Gasteiger partial charge in [-0.1, -0.05) is 13.0 Å². The second-order valence-electron chi connectivity index (χ2n) is 6.43. The van der Waals surface area contributed by atoms with Crippen LogP contribution < -0.4 is 0 Å². The van der Waals surface area contributed by atoms with Gasteiger partial charge in [0.05, 0.1) is 11.3 Å². The molecule has 0 radical (unpaired) electrons. The topological polar surface area (TPSA) is 52.6 Å². The molecule has 4 heteroatoms. The number of rotatable bonds is 3. The van der Waals surface area contributed by atoms with Crippen LogP contribution >= 0.6 is 0 Å². The molecule has 0 aromatic carbocycles. The highest BCUT2D eigenvalue weighted by atomic mass is 16.6. The maximum absolute atomic E-state index is 12.2.